The summed E-state index contributed by atoms with van der Waals surface area (Å²) in [6.45, 7) is 6.52. The van der Waals surface area contributed by atoms with Crippen molar-refractivity contribution < 1.29 is 0 Å². The molecule has 1 saturated heterocycles. The van der Waals surface area contributed by atoms with Crippen LogP contribution in [0.25, 0.3) is 0 Å². The Labute approximate surface area is 107 Å². The van der Waals surface area contributed by atoms with E-state index in [1.807, 2.05) is 12.1 Å². The average molecular weight is 252 g/mol. The molecule has 0 aromatic heterocycles. The molecule has 0 aliphatic carbocycles. The number of benzene rings is 1. The molecule has 92 valence electrons. The summed E-state index contributed by atoms with van der Waals surface area (Å²) in [7, 11) is 0. The van der Waals surface area contributed by atoms with Crippen LogP contribution in [0.15, 0.2) is 18.2 Å². The Morgan fingerprint density at radius 1 is 1.47 bits per heavy atom. The second-order valence-corrected chi connectivity index (χ2v) is 5.85. The fourth-order valence-corrected chi connectivity index (χ4v) is 2.49. The van der Waals surface area contributed by atoms with Gasteiger partial charge < -0.3 is 10.6 Å². The molecular formula is C13H18ClN3. The van der Waals surface area contributed by atoms with Crippen LogP contribution in [-0.2, 0) is 0 Å². The first-order valence-corrected chi connectivity index (χ1v) is 6.16. The predicted octanol–water partition coefficient (Wildman–Crippen LogP) is 2.86. The maximum absolute atomic E-state index is 7.63. The van der Waals surface area contributed by atoms with Crippen LogP contribution in [-0.4, -0.2) is 18.9 Å². The summed E-state index contributed by atoms with van der Waals surface area (Å²) >= 11 is 5.95. The van der Waals surface area contributed by atoms with Crippen molar-refractivity contribution in [2.24, 2.45) is 11.1 Å². The summed E-state index contributed by atoms with van der Waals surface area (Å²) < 4.78 is 0. The number of nitrogen functional groups attached to an aromatic ring is 1. The van der Waals surface area contributed by atoms with E-state index in [1.54, 1.807) is 6.07 Å². The zero-order valence-electron chi connectivity index (χ0n) is 10.3. The molecule has 1 fully saturated rings. The zero-order valence-corrected chi connectivity index (χ0v) is 11.0. The van der Waals surface area contributed by atoms with E-state index in [2.05, 4.69) is 18.7 Å². The van der Waals surface area contributed by atoms with E-state index in [0.29, 0.717) is 10.4 Å². The fraction of sp³-hybridized carbons (Fsp3) is 0.462. The van der Waals surface area contributed by atoms with Crippen molar-refractivity contribution >= 4 is 23.1 Å². The first kappa shape index (κ1) is 12.2. The fourth-order valence-electron chi connectivity index (χ4n) is 2.32. The summed E-state index contributed by atoms with van der Waals surface area (Å²) in [5.41, 5.74) is 7.70. The highest BCUT2D eigenvalue weighted by Gasteiger charge is 2.30. The molecular weight excluding hydrogens is 234 g/mol. The van der Waals surface area contributed by atoms with Crippen LogP contribution in [0, 0.1) is 10.8 Å². The van der Waals surface area contributed by atoms with Gasteiger partial charge in [-0.3, -0.25) is 5.41 Å². The Hall–Kier alpha value is -1.22. The van der Waals surface area contributed by atoms with E-state index in [1.165, 1.54) is 0 Å². The van der Waals surface area contributed by atoms with E-state index in [-0.39, 0.29) is 5.84 Å². The number of anilines is 1. The first-order chi connectivity index (χ1) is 7.89. The third kappa shape index (κ3) is 2.55. The number of rotatable bonds is 2. The van der Waals surface area contributed by atoms with E-state index in [0.717, 1.165) is 30.8 Å². The number of amidine groups is 1. The Balaban J connectivity index is 2.36. The van der Waals surface area contributed by atoms with Crippen LogP contribution in [0.3, 0.4) is 0 Å². The summed E-state index contributed by atoms with van der Waals surface area (Å²) in [6, 6.07) is 5.58. The maximum Gasteiger partial charge on any atom is 0.124 e. The normalized spacial score (nSPS) is 18.4. The van der Waals surface area contributed by atoms with Gasteiger partial charge in [-0.2, -0.15) is 0 Å². The minimum atomic E-state index is 0.0761. The van der Waals surface area contributed by atoms with E-state index in [9.17, 15) is 0 Å². The van der Waals surface area contributed by atoms with Crippen LogP contribution in [0.1, 0.15) is 25.8 Å². The third-order valence-corrected chi connectivity index (χ3v) is 3.50. The van der Waals surface area contributed by atoms with Gasteiger partial charge in [-0.15, -0.1) is 0 Å². The molecule has 17 heavy (non-hydrogen) atoms. The smallest absolute Gasteiger partial charge is 0.124 e. The molecule has 1 aliphatic rings. The van der Waals surface area contributed by atoms with Gasteiger partial charge in [0.25, 0.3) is 0 Å². The lowest BCUT2D eigenvalue weighted by molar-refractivity contribution is 0.418. The maximum atomic E-state index is 7.63. The standard InChI is InChI=1S/C13H18ClN3/c1-13(2)5-6-17(8-13)11-4-3-9(14)7-10(11)12(15)16/h3-4,7H,5-6,8H2,1-2H3,(H3,15,16). The summed E-state index contributed by atoms with van der Waals surface area (Å²) in [4.78, 5) is 2.28. The quantitative estimate of drug-likeness (QED) is 0.627. The Bertz CT molecular complexity index is 454. The second kappa shape index (κ2) is 4.22. The number of nitrogens with zero attached hydrogens (tertiary/aromatic N) is 1. The van der Waals surface area contributed by atoms with Gasteiger partial charge in [0.2, 0.25) is 0 Å². The van der Waals surface area contributed by atoms with Gasteiger partial charge in [-0.05, 0) is 30.0 Å². The van der Waals surface area contributed by atoms with Gasteiger partial charge >= 0.3 is 0 Å². The first-order valence-electron chi connectivity index (χ1n) is 5.78. The summed E-state index contributed by atoms with van der Waals surface area (Å²) in [5, 5.41) is 8.25. The monoisotopic (exact) mass is 251 g/mol. The van der Waals surface area contributed by atoms with E-state index >= 15 is 0 Å². The van der Waals surface area contributed by atoms with Crippen LogP contribution in [0.5, 0.6) is 0 Å². The molecule has 0 radical (unpaired) electrons. The Morgan fingerprint density at radius 2 is 2.18 bits per heavy atom. The van der Waals surface area contributed by atoms with Crippen molar-refractivity contribution in [1.29, 1.82) is 5.41 Å². The lowest BCUT2D eigenvalue weighted by Gasteiger charge is -2.24. The molecule has 1 aliphatic heterocycles. The van der Waals surface area contributed by atoms with Crippen LogP contribution in [0.2, 0.25) is 5.02 Å². The molecule has 1 aromatic rings. The summed E-state index contributed by atoms with van der Waals surface area (Å²) in [5.74, 6) is 0.0761. The highest BCUT2D eigenvalue weighted by Crippen LogP contribution is 2.34. The molecule has 1 aromatic carbocycles. The molecule has 0 spiro atoms. The van der Waals surface area contributed by atoms with Crippen molar-refractivity contribution in [2.75, 3.05) is 18.0 Å². The molecule has 0 saturated carbocycles. The largest absolute Gasteiger partial charge is 0.384 e. The third-order valence-electron chi connectivity index (χ3n) is 3.27. The van der Waals surface area contributed by atoms with Gasteiger partial charge in [-0.1, -0.05) is 25.4 Å². The van der Waals surface area contributed by atoms with Crippen molar-refractivity contribution in [3.63, 3.8) is 0 Å². The molecule has 2 rings (SSSR count). The van der Waals surface area contributed by atoms with Gasteiger partial charge in [0, 0.05) is 29.4 Å². The molecule has 4 heteroatoms. The topological polar surface area (TPSA) is 53.1 Å². The number of halogens is 1. The zero-order chi connectivity index (χ0) is 12.6. The molecule has 1 heterocycles. The average Bonchev–Trinajstić information content (AvgIpc) is 2.58. The molecule has 0 bridgehead atoms. The minimum Gasteiger partial charge on any atom is -0.384 e. The molecule has 0 amide bonds. The second-order valence-electron chi connectivity index (χ2n) is 5.41. The molecule has 3 nitrogen and oxygen atoms in total. The predicted molar refractivity (Wildman–Crippen MR) is 73.1 cm³/mol. The number of nitrogens with one attached hydrogen (secondary N) is 1. The number of hydrogen-bond acceptors (Lipinski definition) is 2. The SMILES string of the molecule is CC1(C)CCN(c2ccc(Cl)cc2C(=N)N)C1. The Kier molecular flexibility index (Phi) is 3.04. The van der Waals surface area contributed by atoms with Crippen LogP contribution >= 0.6 is 11.6 Å². The van der Waals surface area contributed by atoms with Crippen LogP contribution in [0.4, 0.5) is 5.69 Å². The van der Waals surface area contributed by atoms with Crippen molar-refractivity contribution in [3.8, 4) is 0 Å². The lowest BCUT2D eigenvalue weighted by Crippen LogP contribution is -2.26. The van der Waals surface area contributed by atoms with Crippen molar-refractivity contribution in [3.05, 3.63) is 28.8 Å². The molecule has 3 N–H and O–H groups in total. The van der Waals surface area contributed by atoms with Crippen molar-refractivity contribution in [1.82, 2.24) is 0 Å². The van der Waals surface area contributed by atoms with Gasteiger partial charge in [0.15, 0.2) is 0 Å². The number of hydrogen-bond donors (Lipinski definition) is 2. The molecule has 0 atom stereocenters. The number of nitrogens with two attached hydrogens (primary N) is 1. The van der Waals surface area contributed by atoms with Crippen LogP contribution < -0.4 is 10.6 Å². The van der Waals surface area contributed by atoms with Crippen molar-refractivity contribution in [2.45, 2.75) is 20.3 Å². The Morgan fingerprint density at radius 3 is 2.71 bits per heavy atom. The molecule has 0 unspecified atom stereocenters. The minimum absolute atomic E-state index is 0.0761. The lowest BCUT2D eigenvalue weighted by atomic mass is 9.93. The highest BCUT2D eigenvalue weighted by atomic mass is 35.5. The summed E-state index contributed by atoms with van der Waals surface area (Å²) in [6.07, 6.45) is 1.16. The van der Waals surface area contributed by atoms with E-state index in [4.69, 9.17) is 22.7 Å². The van der Waals surface area contributed by atoms with E-state index < -0.39 is 0 Å². The van der Waals surface area contributed by atoms with Gasteiger partial charge in [0.05, 0.1) is 0 Å². The van der Waals surface area contributed by atoms with Gasteiger partial charge in [-0.25, -0.2) is 0 Å². The highest BCUT2D eigenvalue weighted by molar-refractivity contribution is 6.31. The van der Waals surface area contributed by atoms with Gasteiger partial charge in [0.1, 0.15) is 5.84 Å².